The van der Waals surface area contributed by atoms with Crippen molar-refractivity contribution in [3.05, 3.63) is 23.2 Å². The Morgan fingerprint density at radius 1 is 1.33 bits per heavy atom. The van der Waals surface area contributed by atoms with Gasteiger partial charge < -0.3 is 5.73 Å². The van der Waals surface area contributed by atoms with Gasteiger partial charge in [-0.15, -0.1) is 0 Å². The molecule has 1 aromatic carbocycles. The van der Waals surface area contributed by atoms with Crippen LogP contribution >= 0.6 is 11.6 Å². The minimum absolute atomic E-state index is 0.0967. The van der Waals surface area contributed by atoms with Gasteiger partial charge in [-0.3, -0.25) is 4.68 Å². The number of nitrogens with zero attached hydrogens (tertiary/aromatic N) is 2. The third-order valence-electron chi connectivity index (χ3n) is 2.31. The molecular formula is C11H14ClN3. The number of nitrogen functional groups attached to an aromatic ring is 1. The van der Waals surface area contributed by atoms with Gasteiger partial charge in [0.1, 0.15) is 0 Å². The number of aromatic nitrogens is 2. The van der Waals surface area contributed by atoms with E-state index in [9.17, 15) is 0 Å². The SMILES string of the molecule is CC(C)(C)n1nc(N)c2ccc(Cl)cc21. The van der Waals surface area contributed by atoms with E-state index in [0.29, 0.717) is 10.8 Å². The van der Waals surface area contributed by atoms with Crippen LogP contribution in [0.1, 0.15) is 20.8 Å². The van der Waals surface area contributed by atoms with Crippen molar-refractivity contribution in [3.63, 3.8) is 0 Å². The zero-order valence-electron chi connectivity index (χ0n) is 9.08. The van der Waals surface area contributed by atoms with E-state index < -0.39 is 0 Å². The zero-order valence-corrected chi connectivity index (χ0v) is 9.84. The fraction of sp³-hybridized carbons (Fsp3) is 0.364. The average Bonchev–Trinajstić information content (AvgIpc) is 2.42. The minimum atomic E-state index is -0.0967. The van der Waals surface area contributed by atoms with Crippen LogP contribution in [0, 0.1) is 0 Å². The highest BCUT2D eigenvalue weighted by atomic mass is 35.5. The quantitative estimate of drug-likeness (QED) is 0.746. The zero-order chi connectivity index (χ0) is 11.2. The summed E-state index contributed by atoms with van der Waals surface area (Å²) in [7, 11) is 0. The van der Waals surface area contributed by atoms with Gasteiger partial charge in [0, 0.05) is 10.4 Å². The molecule has 0 unspecified atom stereocenters. The maximum atomic E-state index is 5.97. The van der Waals surface area contributed by atoms with E-state index in [0.717, 1.165) is 10.9 Å². The topological polar surface area (TPSA) is 43.8 Å². The van der Waals surface area contributed by atoms with E-state index in [2.05, 4.69) is 25.9 Å². The number of hydrogen-bond acceptors (Lipinski definition) is 2. The second-order valence-corrected chi connectivity index (χ2v) is 5.07. The summed E-state index contributed by atoms with van der Waals surface area (Å²) in [6, 6.07) is 5.63. The fourth-order valence-electron chi connectivity index (χ4n) is 1.62. The third kappa shape index (κ3) is 1.67. The summed E-state index contributed by atoms with van der Waals surface area (Å²) >= 11 is 5.97. The van der Waals surface area contributed by atoms with Gasteiger partial charge >= 0.3 is 0 Å². The second-order valence-electron chi connectivity index (χ2n) is 4.63. The fourth-order valence-corrected chi connectivity index (χ4v) is 1.79. The van der Waals surface area contributed by atoms with Gasteiger partial charge in [-0.25, -0.2) is 0 Å². The molecule has 0 atom stereocenters. The first-order valence-corrected chi connectivity index (χ1v) is 5.21. The largest absolute Gasteiger partial charge is 0.382 e. The van der Waals surface area contributed by atoms with E-state index in [1.807, 2.05) is 22.9 Å². The number of halogens is 1. The number of fused-ring (bicyclic) bond motifs is 1. The molecule has 0 spiro atoms. The molecular weight excluding hydrogens is 210 g/mol. The van der Waals surface area contributed by atoms with E-state index in [1.165, 1.54) is 0 Å². The lowest BCUT2D eigenvalue weighted by atomic mass is 10.1. The first kappa shape index (κ1) is 10.3. The van der Waals surface area contributed by atoms with E-state index >= 15 is 0 Å². The number of rotatable bonds is 0. The Morgan fingerprint density at radius 2 is 2.00 bits per heavy atom. The first-order chi connectivity index (χ1) is 6.89. The maximum Gasteiger partial charge on any atom is 0.153 e. The Bertz CT molecular complexity index is 508. The molecule has 0 aliphatic rings. The van der Waals surface area contributed by atoms with Crippen molar-refractivity contribution in [1.82, 2.24) is 9.78 Å². The smallest absolute Gasteiger partial charge is 0.153 e. The molecule has 0 aliphatic heterocycles. The molecule has 1 heterocycles. The van der Waals surface area contributed by atoms with Crippen molar-refractivity contribution in [3.8, 4) is 0 Å². The molecule has 2 aromatic rings. The monoisotopic (exact) mass is 223 g/mol. The lowest BCUT2D eigenvalue weighted by Gasteiger charge is -2.20. The molecule has 15 heavy (non-hydrogen) atoms. The molecule has 0 radical (unpaired) electrons. The molecule has 1 aromatic heterocycles. The lowest BCUT2D eigenvalue weighted by Crippen LogP contribution is -2.23. The molecule has 0 fully saturated rings. The van der Waals surface area contributed by atoms with Crippen LogP contribution in [-0.2, 0) is 5.54 Å². The lowest BCUT2D eigenvalue weighted by molar-refractivity contribution is 0.369. The molecule has 2 rings (SSSR count). The number of hydrogen-bond donors (Lipinski definition) is 1. The van der Waals surface area contributed by atoms with Crippen LogP contribution in [0.4, 0.5) is 5.82 Å². The van der Waals surface area contributed by atoms with Crippen molar-refractivity contribution in [2.75, 3.05) is 5.73 Å². The Balaban J connectivity index is 2.81. The van der Waals surface area contributed by atoms with Crippen molar-refractivity contribution >= 4 is 28.3 Å². The summed E-state index contributed by atoms with van der Waals surface area (Å²) in [5, 5.41) is 5.99. The Hall–Kier alpha value is -1.22. The van der Waals surface area contributed by atoms with Gasteiger partial charge in [0.25, 0.3) is 0 Å². The summed E-state index contributed by atoms with van der Waals surface area (Å²) in [5.74, 6) is 0.552. The van der Waals surface area contributed by atoms with E-state index in [-0.39, 0.29) is 5.54 Å². The Labute approximate surface area is 93.8 Å². The van der Waals surface area contributed by atoms with Crippen LogP contribution in [0.5, 0.6) is 0 Å². The Kier molecular flexibility index (Phi) is 2.15. The van der Waals surface area contributed by atoms with Crippen LogP contribution in [-0.4, -0.2) is 9.78 Å². The molecule has 0 saturated heterocycles. The maximum absolute atomic E-state index is 5.97. The third-order valence-corrected chi connectivity index (χ3v) is 2.54. The second kappa shape index (κ2) is 3.14. The minimum Gasteiger partial charge on any atom is -0.382 e. The Morgan fingerprint density at radius 3 is 2.60 bits per heavy atom. The average molecular weight is 224 g/mol. The van der Waals surface area contributed by atoms with Crippen LogP contribution in [0.3, 0.4) is 0 Å². The number of benzene rings is 1. The van der Waals surface area contributed by atoms with Crippen molar-refractivity contribution in [2.24, 2.45) is 0 Å². The molecule has 0 bridgehead atoms. The highest BCUT2D eigenvalue weighted by Gasteiger charge is 2.19. The van der Waals surface area contributed by atoms with Crippen molar-refractivity contribution < 1.29 is 0 Å². The normalized spacial score (nSPS) is 12.3. The predicted molar refractivity (Wildman–Crippen MR) is 64.2 cm³/mol. The molecule has 2 N–H and O–H groups in total. The standard InChI is InChI=1S/C11H14ClN3/c1-11(2,3)15-9-6-7(12)4-5-8(9)10(13)14-15/h4-6H,1-3H3,(H2,13,14). The van der Waals surface area contributed by atoms with Gasteiger partial charge in [-0.2, -0.15) is 5.10 Å². The van der Waals surface area contributed by atoms with Crippen LogP contribution in [0.15, 0.2) is 18.2 Å². The molecule has 0 aliphatic carbocycles. The highest BCUT2D eigenvalue weighted by molar-refractivity contribution is 6.31. The van der Waals surface area contributed by atoms with Crippen LogP contribution < -0.4 is 5.73 Å². The molecule has 0 amide bonds. The van der Waals surface area contributed by atoms with Gasteiger partial charge in [0.05, 0.1) is 11.1 Å². The van der Waals surface area contributed by atoms with Crippen LogP contribution in [0.25, 0.3) is 10.9 Å². The summed E-state index contributed by atoms with van der Waals surface area (Å²) in [4.78, 5) is 0. The van der Waals surface area contributed by atoms with E-state index in [4.69, 9.17) is 17.3 Å². The highest BCUT2D eigenvalue weighted by Crippen LogP contribution is 2.28. The van der Waals surface area contributed by atoms with E-state index in [1.54, 1.807) is 0 Å². The summed E-state index contributed by atoms with van der Waals surface area (Å²) in [6.45, 7) is 6.25. The van der Waals surface area contributed by atoms with Gasteiger partial charge in [0.15, 0.2) is 5.82 Å². The summed E-state index contributed by atoms with van der Waals surface area (Å²) < 4.78 is 1.91. The van der Waals surface area contributed by atoms with Gasteiger partial charge in [-0.05, 0) is 39.0 Å². The summed E-state index contributed by atoms with van der Waals surface area (Å²) in [5.41, 5.74) is 6.73. The summed E-state index contributed by atoms with van der Waals surface area (Å²) in [6.07, 6.45) is 0. The number of anilines is 1. The predicted octanol–water partition coefficient (Wildman–Crippen LogP) is 3.03. The molecule has 80 valence electrons. The molecule has 0 saturated carbocycles. The van der Waals surface area contributed by atoms with Crippen molar-refractivity contribution in [2.45, 2.75) is 26.3 Å². The molecule has 3 nitrogen and oxygen atoms in total. The van der Waals surface area contributed by atoms with Gasteiger partial charge in [-0.1, -0.05) is 11.6 Å². The number of nitrogens with two attached hydrogens (primary N) is 1. The van der Waals surface area contributed by atoms with Crippen molar-refractivity contribution in [1.29, 1.82) is 0 Å². The first-order valence-electron chi connectivity index (χ1n) is 4.84. The van der Waals surface area contributed by atoms with Gasteiger partial charge in [0.2, 0.25) is 0 Å². The van der Waals surface area contributed by atoms with Crippen LogP contribution in [0.2, 0.25) is 5.02 Å². The molecule has 4 heteroatoms.